The van der Waals surface area contributed by atoms with Crippen molar-refractivity contribution in [1.82, 2.24) is 0 Å². The molecule has 1 atom stereocenters. The molecule has 1 amide bonds. The second-order valence-corrected chi connectivity index (χ2v) is 7.55. The summed E-state index contributed by atoms with van der Waals surface area (Å²) in [5.74, 6) is 0.537. The fourth-order valence-corrected chi connectivity index (χ4v) is 2.79. The van der Waals surface area contributed by atoms with Crippen LogP contribution in [0.3, 0.4) is 0 Å². The van der Waals surface area contributed by atoms with E-state index in [9.17, 15) is 4.79 Å². The molecule has 0 fully saturated rings. The molecule has 0 radical (unpaired) electrons. The number of hydrogen-bond acceptors (Lipinski definition) is 2. The lowest BCUT2D eigenvalue weighted by Crippen LogP contribution is -2.25. The quantitative estimate of drug-likeness (QED) is 0.790. The molecule has 118 valence electrons. The van der Waals surface area contributed by atoms with E-state index in [-0.39, 0.29) is 11.3 Å². The number of nitrogens with two attached hydrogens (primary N) is 1. The molecule has 1 unspecified atom stereocenters. The SMILES string of the molecule is Cc1ccc(NC(=O)CCC(CCN)C(C)(C)C)cc1Br. The zero-order valence-electron chi connectivity index (χ0n) is 13.5. The number of carbonyl (C=O) groups is 1. The summed E-state index contributed by atoms with van der Waals surface area (Å²) >= 11 is 3.48. The van der Waals surface area contributed by atoms with Gasteiger partial charge in [-0.2, -0.15) is 0 Å². The van der Waals surface area contributed by atoms with Crippen LogP contribution in [0.15, 0.2) is 22.7 Å². The molecule has 0 heterocycles. The third-order valence-electron chi connectivity index (χ3n) is 3.92. The van der Waals surface area contributed by atoms with E-state index in [1.165, 1.54) is 0 Å². The number of benzene rings is 1. The van der Waals surface area contributed by atoms with Crippen molar-refractivity contribution in [2.45, 2.75) is 47.0 Å². The highest BCUT2D eigenvalue weighted by atomic mass is 79.9. The Labute approximate surface area is 136 Å². The van der Waals surface area contributed by atoms with Gasteiger partial charge in [-0.1, -0.05) is 42.8 Å². The summed E-state index contributed by atoms with van der Waals surface area (Å²) in [7, 11) is 0. The number of halogens is 1. The lowest BCUT2D eigenvalue weighted by molar-refractivity contribution is -0.116. The van der Waals surface area contributed by atoms with Gasteiger partial charge in [0.2, 0.25) is 5.91 Å². The lowest BCUT2D eigenvalue weighted by atomic mass is 9.76. The third-order valence-corrected chi connectivity index (χ3v) is 4.77. The van der Waals surface area contributed by atoms with E-state index in [2.05, 4.69) is 42.0 Å². The molecule has 1 rings (SSSR count). The minimum atomic E-state index is 0.0667. The number of rotatable bonds is 6. The van der Waals surface area contributed by atoms with E-state index in [1.54, 1.807) is 0 Å². The molecule has 21 heavy (non-hydrogen) atoms. The number of aryl methyl sites for hydroxylation is 1. The van der Waals surface area contributed by atoms with Crippen molar-refractivity contribution >= 4 is 27.5 Å². The van der Waals surface area contributed by atoms with Crippen LogP contribution in [0.2, 0.25) is 0 Å². The molecule has 0 saturated heterocycles. The summed E-state index contributed by atoms with van der Waals surface area (Å²) in [4.78, 5) is 12.1. The predicted molar refractivity (Wildman–Crippen MR) is 93.4 cm³/mol. The van der Waals surface area contributed by atoms with E-state index < -0.39 is 0 Å². The van der Waals surface area contributed by atoms with Crippen molar-refractivity contribution in [2.24, 2.45) is 17.1 Å². The third kappa shape index (κ3) is 6.18. The Bertz CT molecular complexity index is 480. The highest BCUT2D eigenvalue weighted by molar-refractivity contribution is 9.10. The van der Waals surface area contributed by atoms with E-state index >= 15 is 0 Å². The largest absolute Gasteiger partial charge is 0.330 e. The first-order valence-electron chi connectivity index (χ1n) is 7.50. The molecule has 0 aliphatic rings. The summed E-state index contributed by atoms with van der Waals surface area (Å²) in [6.07, 6.45) is 2.37. The molecular weight excluding hydrogens is 328 g/mol. The molecule has 0 aliphatic heterocycles. The molecule has 4 heteroatoms. The Morgan fingerprint density at radius 1 is 1.33 bits per heavy atom. The second-order valence-electron chi connectivity index (χ2n) is 6.69. The van der Waals surface area contributed by atoms with Crippen LogP contribution in [0.5, 0.6) is 0 Å². The van der Waals surface area contributed by atoms with Gasteiger partial charge in [-0.15, -0.1) is 0 Å². The van der Waals surface area contributed by atoms with Gasteiger partial charge in [0.05, 0.1) is 0 Å². The van der Waals surface area contributed by atoms with Gasteiger partial charge in [0.25, 0.3) is 0 Å². The summed E-state index contributed by atoms with van der Waals surface area (Å²) in [6, 6.07) is 5.86. The molecule has 0 saturated carbocycles. The number of amides is 1. The molecule has 0 aromatic heterocycles. The maximum absolute atomic E-state index is 12.1. The highest BCUT2D eigenvalue weighted by Gasteiger charge is 2.24. The summed E-state index contributed by atoms with van der Waals surface area (Å²) in [5.41, 5.74) is 7.86. The van der Waals surface area contributed by atoms with E-state index in [0.29, 0.717) is 18.9 Å². The van der Waals surface area contributed by atoms with Gasteiger partial charge >= 0.3 is 0 Å². The van der Waals surface area contributed by atoms with Crippen LogP contribution in [0.25, 0.3) is 0 Å². The number of carbonyl (C=O) groups excluding carboxylic acids is 1. The maximum atomic E-state index is 12.1. The Kier molecular flexibility index (Phi) is 6.88. The first-order chi connectivity index (χ1) is 9.74. The Balaban J connectivity index is 2.54. The molecule has 1 aromatic rings. The first-order valence-corrected chi connectivity index (χ1v) is 8.29. The van der Waals surface area contributed by atoms with Gasteiger partial charge in [-0.05, 0) is 55.3 Å². The van der Waals surface area contributed by atoms with Crippen molar-refractivity contribution in [2.75, 3.05) is 11.9 Å². The van der Waals surface area contributed by atoms with Gasteiger partial charge in [0, 0.05) is 16.6 Å². The monoisotopic (exact) mass is 354 g/mol. The lowest BCUT2D eigenvalue weighted by Gasteiger charge is -2.30. The zero-order valence-corrected chi connectivity index (χ0v) is 15.1. The van der Waals surface area contributed by atoms with Gasteiger partial charge in [0.15, 0.2) is 0 Å². The van der Waals surface area contributed by atoms with Crippen molar-refractivity contribution < 1.29 is 4.79 Å². The van der Waals surface area contributed by atoms with E-state index in [0.717, 1.165) is 28.6 Å². The van der Waals surface area contributed by atoms with Gasteiger partial charge in [-0.25, -0.2) is 0 Å². The smallest absolute Gasteiger partial charge is 0.224 e. The average Bonchev–Trinajstić information content (AvgIpc) is 2.37. The van der Waals surface area contributed by atoms with Crippen molar-refractivity contribution in [1.29, 1.82) is 0 Å². The molecule has 0 bridgehead atoms. The molecule has 1 aromatic carbocycles. The first kappa shape index (κ1) is 18.2. The normalized spacial score (nSPS) is 13.0. The summed E-state index contributed by atoms with van der Waals surface area (Å²) in [6.45, 7) is 9.33. The summed E-state index contributed by atoms with van der Waals surface area (Å²) < 4.78 is 1.01. The Morgan fingerprint density at radius 3 is 2.52 bits per heavy atom. The fourth-order valence-electron chi connectivity index (χ4n) is 2.41. The second kappa shape index (κ2) is 7.95. The summed E-state index contributed by atoms with van der Waals surface area (Å²) in [5, 5.41) is 2.96. The minimum Gasteiger partial charge on any atom is -0.330 e. The minimum absolute atomic E-state index is 0.0667. The molecule has 0 spiro atoms. The van der Waals surface area contributed by atoms with Gasteiger partial charge in [-0.3, -0.25) is 4.79 Å². The molecule has 3 nitrogen and oxygen atoms in total. The van der Waals surface area contributed by atoms with Gasteiger partial charge < -0.3 is 11.1 Å². The number of nitrogens with one attached hydrogen (secondary N) is 1. The predicted octanol–water partition coefficient (Wildman–Crippen LogP) is 4.49. The van der Waals surface area contributed by atoms with Crippen LogP contribution in [-0.4, -0.2) is 12.5 Å². The average molecular weight is 355 g/mol. The highest BCUT2D eigenvalue weighted by Crippen LogP contribution is 2.32. The number of hydrogen-bond donors (Lipinski definition) is 2. The molecule has 3 N–H and O–H groups in total. The van der Waals surface area contributed by atoms with E-state index in [1.807, 2.05) is 25.1 Å². The standard InChI is InChI=1S/C17H27BrN2O/c1-12-5-7-14(11-15(12)18)20-16(21)8-6-13(9-10-19)17(2,3)4/h5,7,11,13H,6,8-10,19H2,1-4H3,(H,20,21). The van der Waals surface area contributed by atoms with Crippen LogP contribution >= 0.6 is 15.9 Å². The van der Waals surface area contributed by atoms with Crippen LogP contribution in [0, 0.1) is 18.3 Å². The Morgan fingerprint density at radius 2 is 2.00 bits per heavy atom. The van der Waals surface area contributed by atoms with Crippen molar-refractivity contribution in [3.63, 3.8) is 0 Å². The zero-order chi connectivity index (χ0) is 16.0. The fraction of sp³-hybridized carbons (Fsp3) is 0.588. The van der Waals surface area contributed by atoms with Crippen LogP contribution in [0.1, 0.15) is 45.6 Å². The van der Waals surface area contributed by atoms with E-state index in [4.69, 9.17) is 5.73 Å². The van der Waals surface area contributed by atoms with Crippen LogP contribution in [0.4, 0.5) is 5.69 Å². The maximum Gasteiger partial charge on any atom is 0.224 e. The molecule has 0 aliphatic carbocycles. The number of anilines is 1. The van der Waals surface area contributed by atoms with Crippen LogP contribution in [-0.2, 0) is 4.79 Å². The molecular formula is C17H27BrN2O. The van der Waals surface area contributed by atoms with Crippen molar-refractivity contribution in [3.8, 4) is 0 Å². The van der Waals surface area contributed by atoms with Crippen LogP contribution < -0.4 is 11.1 Å². The van der Waals surface area contributed by atoms with Crippen molar-refractivity contribution in [3.05, 3.63) is 28.2 Å². The van der Waals surface area contributed by atoms with Gasteiger partial charge in [0.1, 0.15) is 0 Å². The Hall–Kier alpha value is -0.870. The topological polar surface area (TPSA) is 55.1 Å².